The van der Waals surface area contributed by atoms with E-state index < -0.39 is 0 Å². The van der Waals surface area contributed by atoms with Gasteiger partial charge >= 0.3 is 0 Å². The number of rotatable bonds is 8. The molecule has 0 unspecified atom stereocenters. The molecule has 0 aliphatic carbocycles. The summed E-state index contributed by atoms with van der Waals surface area (Å²) in [5.41, 5.74) is 8.91. The summed E-state index contributed by atoms with van der Waals surface area (Å²) in [5, 5.41) is 11.2. The lowest BCUT2D eigenvalue weighted by Crippen LogP contribution is -2.22. The lowest BCUT2D eigenvalue weighted by Gasteiger charge is -2.32. The van der Waals surface area contributed by atoms with E-state index in [2.05, 4.69) is 47.6 Å². The van der Waals surface area contributed by atoms with E-state index >= 15 is 0 Å². The zero-order valence-corrected chi connectivity index (χ0v) is 19.3. The number of carbonyl (C=O) groups is 1. The molecule has 0 aromatic heterocycles. The molecule has 0 saturated heterocycles. The van der Waals surface area contributed by atoms with Crippen LogP contribution in [0.1, 0.15) is 81.4 Å². The number of phenolic OH excluding ortho intramolecular Hbond substituents is 1. The number of hydrogen-bond donors (Lipinski definition) is 2. The van der Waals surface area contributed by atoms with Crippen molar-refractivity contribution in [3.05, 3.63) is 58.7 Å². The van der Waals surface area contributed by atoms with Crippen LogP contribution in [0.4, 0.5) is 5.69 Å². The zero-order valence-electron chi connectivity index (χ0n) is 19.3. The maximum atomic E-state index is 12.7. The molecule has 0 heterocycles. The van der Waals surface area contributed by atoms with E-state index in [1.807, 2.05) is 0 Å². The second kappa shape index (κ2) is 8.95. The minimum absolute atomic E-state index is 0.152. The van der Waals surface area contributed by atoms with Gasteiger partial charge in [-0.1, -0.05) is 41.5 Å². The summed E-state index contributed by atoms with van der Waals surface area (Å²) in [6.07, 6.45) is 4.92. The van der Waals surface area contributed by atoms with E-state index in [9.17, 15) is 9.90 Å². The van der Waals surface area contributed by atoms with Crippen LogP contribution in [0.25, 0.3) is 6.08 Å². The van der Waals surface area contributed by atoms with Gasteiger partial charge in [0.2, 0.25) is 0 Å². The average Bonchev–Trinajstić information content (AvgIpc) is 2.72. The summed E-state index contributed by atoms with van der Waals surface area (Å²) >= 11 is 0. The third kappa shape index (κ3) is 4.69. The van der Waals surface area contributed by atoms with Crippen molar-refractivity contribution in [2.45, 2.75) is 65.2 Å². The van der Waals surface area contributed by atoms with Crippen molar-refractivity contribution in [1.29, 1.82) is 0 Å². The van der Waals surface area contributed by atoms with Crippen LogP contribution in [0.2, 0.25) is 0 Å². The third-order valence-electron chi connectivity index (χ3n) is 6.31. The summed E-state index contributed by atoms with van der Waals surface area (Å²) in [6.45, 7) is 12.8. The fraction of sp³-hybridized carbons (Fsp3) is 0.423. The Bertz CT molecular complexity index is 938. The molecule has 2 aromatic carbocycles. The standard InChI is InChI=1S/C26H35NO3/c1-8-25(3,4)20-16-21(26(5,6)9-2)24(30-7)19(23(20)29)14-15-22(28)17-10-12-18(27)13-11-17/h10-16,29H,8-9,27H2,1-7H3/b15-14+. The van der Waals surface area contributed by atoms with Crippen molar-refractivity contribution in [1.82, 2.24) is 0 Å². The summed E-state index contributed by atoms with van der Waals surface area (Å²) in [4.78, 5) is 12.7. The Morgan fingerprint density at radius 2 is 1.57 bits per heavy atom. The first kappa shape index (κ1) is 23.5. The second-order valence-electron chi connectivity index (χ2n) is 9.06. The third-order valence-corrected chi connectivity index (χ3v) is 6.31. The summed E-state index contributed by atoms with van der Waals surface area (Å²) in [5.74, 6) is 0.611. The lowest BCUT2D eigenvalue weighted by atomic mass is 9.74. The molecule has 4 heteroatoms. The van der Waals surface area contributed by atoms with E-state index in [0.29, 0.717) is 22.6 Å². The van der Waals surface area contributed by atoms with Crippen molar-refractivity contribution < 1.29 is 14.6 Å². The Morgan fingerprint density at radius 1 is 1.03 bits per heavy atom. The Balaban J connectivity index is 2.69. The predicted octanol–water partition coefficient (Wildman–Crippen LogP) is 6.25. The van der Waals surface area contributed by atoms with Gasteiger partial charge in [0.05, 0.1) is 12.7 Å². The summed E-state index contributed by atoms with van der Waals surface area (Å²) < 4.78 is 5.76. The van der Waals surface area contributed by atoms with Gasteiger partial charge < -0.3 is 15.6 Å². The number of carbonyl (C=O) groups excluding carboxylic acids is 1. The molecule has 0 spiro atoms. The van der Waals surface area contributed by atoms with E-state index in [0.717, 1.165) is 24.0 Å². The van der Waals surface area contributed by atoms with Crippen LogP contribution < -0.4 is 10.5 Å². The van der Waals surface area contributed by atoms with Crippen LogP contribution >= 0.6 is 0 Å². The Labute approximate surface area is 180 Å². The molecule has 0 aliphatic rings. The lowest BCUT2D eigenvalue weighted by molar-refractivity contribution is 0.104. The first-order valence-corrected chi connectivity index (χ1v) is 10.5. The summed E-state index contributed by atoms with van der Waals surface area (Å²) in [7, 11) is 1.60. The smallest absolute Gasteiger partial charge is 0.185 e. The van der Waals surface area contributed by atoms with Gasteiger partial charge in [-0.05, 0) is 66.2 Å². The normalized spacial score (nSPS) is 12.4. The molecule has 0 amide bonds. The average molecular weight is 410 g/mol. The number of benzene rings is 2. The number of methoxy groups -OCH3 is 1. The molecule has 0 atom stereocenters. The molecule has 0 bridgehead atoms. The van der Waals surface area contributed by atoms with Gasteiger partial charge in [0.1, 0.15) is 11.5 Å². The van der Waals surface area contributed by atoms with Crippen molar-refractivity contribution in [2.24, 2.45) is 0 Å². The van der Waals surface area contributed by atoms with Gasteiger partial charge in [-0.2, -0.15) is 0 Å². The van der Waals surface area contributed by atoms with Gasteiger partial charge in [0.15, 0.2) is 5.78 Å². The van der Waals surface area contributed by atoms with Crippen LogP contribution in [-0.4, -0.2) is 18.0 Å². The largest absolute Gasteiger partial charge is 0.507 e. The van der Waals surface area contributed by atoms with Crippen LogP contribution in [0.3, 0.4) is 0 Å². The fourth-order valence-electron chi connectivity index (χ4n) is 3.35. The van der Waals surface area contributed by atoms with Crippen LogP contribution in [0.15, 0.2) is 36.4 Å². The molecular formula is C26H35NO3. The zero-order chi connectivity index (χ0) is 22.7. The minimum atomic E-state index is -0.224. The molecule has 4 nitrogen and oxygen atoms in total. The number of nitrogen functional groups attached to an aromatic ring is 1. The SMILES string of the molecule is CCC(C)(C)c1cc(C(C)(C)CC)c(OC)c(/C=C/C(=O)c2ccc(N)cc2)c1O. The molecule has 2 aromatic rings. The minimum Gasteiger partial charge on any atom is -0.507 e. The van der Waals surface area contributed by atoms with Crippen molar-refractivity contribution in [2.75, 3.05) is 12.8 Å². The van der Waals surface area contributed by atoms with Crippen LogP contribution in [0, 0.1) is 0 Å². The summed E-state index contributed by atoms with van der Waals surface area (Å²) in [6, 6.07) is 8.86. The molecular weight excluding hydrogens is 374 g/mol. The number of ether oxygens (including phenoxy) is 1. The monoisotopic (exact) mass is 409 g/mol. The highest BCUT2D eigenvalue weighted by Crippen LogP contribution is 2.46. The molecule has 3 N–H and O–H groups in total. The van der Waals surface area contributed by atoms with Crippen molar-refractivity contribution in [3.63, 3.8) is 0 Å². The Kier molecular flexibility index (Phi) is 7.02. The molecule has 30 heavy (non-hydrogen) atoms. The van der Waals surface area contributed by atoms with Crippen LogP contribution in [-0.2, 0) is 10.8 Å². The Hall–Kier alpha value is -2.75. The van der Waals surface area contributed by atoms with Gasteiger partial charge in [-0.3, -0.25) is 4.79 Å². The molecule has 162 valence electrons. The maximum Gasteiger partial charge on any atom is 0.185 e. The van der Waals surface area contributed by atoms with Gasteiger partial charge in [-0.15, -0.1) is 0 Å². The number of anilines is 1. The highest BCUT2D eigenvalue weighted by Gasteiger charge is 2.31. The number of phenols is 1. The highest BCUT2D eigenvalue weighted by molar-refractivity contribution is 6.07. The van der Waals surface area contributed by atoms with Gasteiger partial charge in [0.25, 0.3) is 0 Å². The first-order valence-electron chi connectivity index (χ1n) is 10.5. The number of ketones is 1. The molecule has 0 saturated carbocycles. The van der Waals surface area contributed by atoms with E-state index in [1.54, 1.807) is 37.5 Å². The second-order valence-corrected chi connectivity index (χ2v) is 9.06. The fourth-order valence-corrected chi connectivity index (χ4v) is 3.35. The van der Waals surface area contributed by atoms with Crippen molar-refractivity contribution >= 4 is 17.5 Å². The van der Waals surface area contributed by atoms with Crippen LogP contribution in [0.5, 0.6) is 11.5 Å². The van der Waals surface area contributed by atoms with Crippen molar-refractivity contribution in [3.8, 4) is 11.5 Å². The van der Waals surface area contributed by atoms with E-state index in [4.69, 9.17) is 10.5 Å². The number of allylic oxidation sites excluding steroid dienone is 1. The van der Waals surface area contributed by atoms with Gasteiger partial charge in [0, 0.05) is 22.4 Å². The quantitative estimate of drug-likeness (QED) is 0.307. The first-order chi connectivity index (χ1) is 14.0. The molecule has 0 fully saturated rings. The number of nitrogens with two attached hydrogens (primary N) is 1. The predicted molar refractivity (Wildman–Crippen MR) is 126 cm³/mol. The highest BCUT2D eigenvalue weighted by atomic mass is 16.5. The number of hydrogen-bond acceptors (Lipinski definition) is 4. The molecule has 2 rings (SSSR count). The Morgan fingerprint density at radius 3 is 2.07 bits per heavy atom. The van der Waals surface area contributed by atoms with Gasteiger partial charge in [-0.25, -0.2) is 0 Å². The molecule has 0 aliphatic heterocycles. The molecule has 0 radical (unpaired) electrons. The van der Waals surface area contributed by atoms with E-state index in [-0.39, 0.29) is 22.4 Å². The maximum absolute atomic E-state index is 12.7. The van der Waals surface area contributed by atoms with E-state index in [1.165, 1.54) is 6.08 Å². The topological polar surface area (TPSA) is 72.5 Å². The number of aromatic hydroxyl groups is 1.